The highest BCUT2D eigenvalue weighted by molar-refractivity contribution is 5.98. The number of carbonyl (C=O) groups is 1. The van der Waals surface area contributed by atoms with Gasteiger partial charge in [-0.2, -0.15) is 5.26 Å². The van der Waals surface area contributed by atoms with Crippen LogP contribution in [-0.2, 0) is 9.53 Å². The summed E-state index contributed by atoms with van der Waals surface area (Å²) in [5, 5.41) is 9.48. The molecule has 8 heteroatoms. The summed E-state index contributed by atoms with van der Waals surface area (Å²) < 4.78 is 6.38. The smallest absolute Gasteiger partial charge is 0.348 e. The number of hydrogen-bond acceptors (Lipinski definition) is 7. The summed E-state index contributed by atoms with van der Waals surface area (Å²) in [6.07, 6.45) is 2.92. The molecule has 1 aliphatic heterocycles. The van der Waals surface area contributed by atoms with E-state index < -0.39 is 5.97 Å². The Kier molecular flexibility index (Phi) is 6.17. The van der Waals surface area contributed by atoms with Gasteiger partial charge in [0, 0.05) is 38.1 Å². The average molecular weight is 429 g/mol. The summed E-state index contributed by atoms with van der Waals surface area (Å²) in [6.45, 7) is 4.61. The molecule has 1 aliphatic rings. The molecule has 8 nitrogen and oxygen atoms in total. The highest BCUT2D eigenvalue weighted by atomic mass is 16.5. The van der Waals surface area contributed by atoms with Crippen molar-refractivity contribution >= 4 is 29.2 Å². The fourth-order valence-corrected chi connectivity index (χ4v) is 3.76. The fourth-order valence-electron chi connectivity index (χ4n) is 3.76. The summed E-state index contributed by atoms with van der Waals surface area (Å²) in [5.41, 5.74) is 1.28. The minimum Gasteiger partial charge on any atom is -0.462 e. The molecule has 3 heterocycles. The maximum atomic E-state index is 13.3. The van der Waals surface area contributed by atoms with Crippen molar-refractivity contribution < 1.29 is 9.53 Å². The van der Waals surface area contributed by atoms with Gasteiger partial charge in [0.1, 0.15) is 23.1 Å². The number of nitriles is 1. The molecule has 0 aliphatic carbocycles. The molecule has 0 radical (unpaired) electrons. The molecule has 32 heavy (non-hydrogen) atoms. The van der Waals surface area contributed by atoms with E-state index in [9.17, 15) is 14.9 Å². The van der Waals surface area contributed by atoms with Crippen LogP contribution in [0.1, 0.15) is 12.5 Å². The third-order valence-electron chi connectivity index (χ3n) is 5.35. The second-order valence-corrected chi connectivity index (χ2v) is 7.28. The van der Waals surface area contributed by atoms with E-state index in [2.05, 4.69) is 17.0 Å². The van der Waals surface area contributed by atoms with Crippen LogP contribution < -0.4 is 15.4 Å². The zero-order valence-electron chi connectivity index (χ0n) is 17.8. The van der Waals surface area contributed by atoms with Crippen LogP contribution in [0.3, 0.4) is 0 Å². The van der Waals surface area contributed by atoms with Gasteiger partial charge < -0.3 is 14.5 Å². The average Bonchev–Trinajstić information content (AvgIpc) is 2.84. The molecule has 0 unspecified atom stereocenters. The van der Waals surface area contributed by atoms with Crippen molar-refractivity contribution in [1.82, 2.24) is 9.38 Å². The molecule has 0 atom stereocenters. The number of para-hydroxylation sites is 1. The Morgan fingerprint density at radius 1 is 1.09 bits per heavy atom. The van der Waals surface area contributed by atoms with Crippen LogP contribution in [0, 0.1) is 11.3 Å². The first-order valence-electron chi connectivity index (χ1n) is 10.5. The zero-order chi connectivity index (χ0) is 22.5. The lowest BCUT2D eigenvalue weighted by Crippen LogP contribution is -2.47. The second-order valence-electron chi connectivity index (χ2n) is 7.28. The number of anilines is 2. The Morgan fingerprint density at radius 2 is 1.78 bits per heavy atom. The largest absolute Gasteiger partial charge is 0.462 e. The molecule has 0 saturated carbocycles. The summed E-state index contributed by atoms with van der Waals surface area (Å²) in [4.78, 5) is 34.5. The number of rotatable bonds is 5. The molecule has 1 saturated heterocycles. The van der Waals surface area contributed by atoms with Gasteiger partial charge in [-0.25, -0.2) is 9.78 Å². The predicted molar refractivity (Wildman–Crippen MR) is 123 cm³/mol. The van der Waals surface area contributed by atoms with Crippen LogP contribution in [-0.4, -0.2) is 48.1 Å². The van der Waals surface area contributed by atoms with Gasteiger partial charge in [-0.05, 0) is 37.3 Å². The second kappa shape index (κ2) is 9.35. The van der Waals surface area contributed by atoms with Gasteiger partial charge >= 0.3 is 5.97 Å². The summed E-state index contributed by atoms with van der Waals surface area (Å²) >= 11 is 0. The van der Waals surface area contributed by atoms with Crippen molar-refractivity contribution in [2.75, 3.05) is 42.6 Å². The van der Waals surface area contributed by atoms with Crippen LogP contribution in [0.15, 0.2) is 65.1 Å². The highest BCUT2D eigenvalue weighted by Gasteiger charge is 2.24. The fraction of sp³-hybridized carbons (Fsp3) is 0.250. The van der Waals surface area contributed by atoms with Gasteiger partial charge in [0.15, 0.2) is 0 Å². The van der Waals surface area contributed by atoms with Crippen molar-refractivity contribution in [3.8, 4) is 6.07 Å². The Bertz CT molecular complexity index is 1250. The Hall–Kier alpha value is -4.12. The lowest BCUT2D eigenvalue weighted by atomic mass is 10.1. The molecule has 0 amide bonds. The quantitative estimate of drug-likeness (QED) is 0.350. The van der Waals surface area contributed by atoms with Gasteiger partial charge in [0.25, 0.3) is 5.56 Å². The SMILES string of the molecule is CCOC(=O)C(C#N)=Cc1c(N2CCN(c3ccccc3)CC2)nc2ccccn2c1=O. The highest BCUT2D eigenvalue weighted by Crippen LogP contribution is 2.23. The molecule has 1 fully saturated rings. The zero-order valence-corrected chi connectivity index (χ0v) is 17.8. The van der Waals surface area contributed by atoms with E-state index in [0.29, 0.717) is 24.6 Å². The summed E-state index contributed by atoms with van der Waals surface area (Å²) in [7, 11) is 0. The number of benzene rings is 1. The van der Waals surface area contributed by atoms with E-state index in [-0.39, 0.29) is 23.3 Å². The lowest BCUT2D eigenvalue weighted by molar-refractivity contribution is -0.137. The lowest BCUT2D eigenvalue weighted by Gasteiger charge is -2.37. The first-order valence-corrected chi connectivity index (χ1v) is 10.5. The van der Waals surface area contributed by atoms with Crippen molar-refractivity contribution in [1.29, 1.82) is 5.26 Å². The maximum absolute atomic E-state index is 13.3. The Balaban J connectivity index is 1.74. The number of hydrogen-bond donors (Lipinski definition) is 0. The normalized spacial score (nSPS) is 14.3. The van der Waals surface area contributed by atoms with Crippen LogP contribution in [0.25, 0.3) is 11.7 Å². The molecule has 0 N–H and O–H groups in total. The molecule has 4 rings (SSSR count). The molecule has 3 aromatic rings. The van der Waals surface area contributed by atoms with E-state index in [1.807, 2.05) is 35.2 Å². The number of fused-ring (bicyclic) bond motifs is 1. The third kappa shape index (κ3) is 4.18. The standard InChI is InChI=1S/C24H23N5O3/c1-2-32-24(31)18(17-25)16-20-22(26-21-10-6-7-11-29(21)23(20)30)28-14-12-27(13-15-28)19-8-4-3-5-9-19/h3-11,16H,2,12-15H2,1H3. The van der Waals surface area contributed by atoms with E-state index in [0.717, 1.165) is 18.8 Å². The van der Waals surface area contributed by atoms with Crippen LogP contribution >= 0.6 is 0 Å². The molecule has 0 spiro atoms. The van der Waals surface area contributed by atoms with Crippen molar-refractivity contribution in [2.24, 2.45) is 0 Å². The van der Waals surface area contributed by atoms with Crippen LogP contribution in [0.4, 0.5) is 11.5 Å². The molecule has 162 valence electrons. The number of ether oxygens (including phenoxy) is 1. The number of pyridine rings is 1. The van der Waals surface area contributed by atoms with Gasteiger partial charge in [0.05, 0.1) is 12.2 Å². The Labute approximate surface area is 185 Å². The first kappa shape index (κ1) is 21.1. The molecular weight excluding hydrogens is 406 g/mol. The van der Waals surface area contributed by atoms with Crippen molar-refractivity contribution in [3.63, 3.8) is 0 Å². The van der Waals surface area contributed by atoms with Crippen molar-refractivity contribution in [3.05, 3.63) is 76.2 Å². The molecule has 2 aromatic heterocycles. The number of nitrogens with zero attached hydrogens (tertiary/aromatic N) is 5. The minimum absolute atomic E-state index is 0.140. The number of piperazine rings is 1. The monoisotopic (exact) mass is 429 g/mol. The third-order valence-corrected chi connectivity index (χ3v) is 5.35. The van der Waals surface area contributed by atoms with E-state index >= 15 is 0 Å². The van der Waals surface area contributed by atoms with E-state index in [1.54, 1.807) is 25.3 Å². The molecule has 0 bridgehead atoms. The van der Waals surface area contributed by atoms with Crippen LogP contribution in [0.5, 0.6) is 0 Å². The number of carbonyl (C=O) groups excluding carboxylic acids is 1. The maximum Gasteiger partial charge on any atom is 0.348 e. The van der Waals surface area contributed by atoms with E-state index in [4.69, 9.17) is 9.72 Å². The van der Waals surface area contributed by atoms with E-state index in [1.165, 1.54) is 10.5 Å². The topological polar surface area (TPSA) is 90.9 Å². The predicted octanol–water partition coefficient (Wildman–Crippen LogP) is 2.49. The van der Waals surface area contributed by atoms with Crippen molar-refractivity contribution in [2.45, 2.75) is 6.92 Å². The molecular formula is C24H23N5O3. The Morgan fingerprint density at radius 3 is 2.47 bits per heavy atom. The number of esters is 1. The van der Waals surface area contributed by atoms with Crippen LogP contribution in [0.2, 0.25) is 0 Å². The van der Waals surface area contributed by atoms with Gasteiger partial charge in [-0.15, -0.1) is 0 Å². The van der Waals surface area contributed by atoms with Gasteiger partial charge in [0.2, 0.25) is 0 Å². The number of aromatic nitrogens is 2. The molecule has 1 aromatic carbocycles. The van der Waals surface area contributed by atoms with Gasteiger partial charge in [-0.1, -0.05) is 24.3 Å². The minimum atomic E-state index is -0.757. The summed E-state index contributed by atoms with van der Waals surface area (Å²) in [6, 6.07) is 17.3. The van der Waals surface area contributed by atoms with Gasteiger partial charge in [-0.3, -0.25) is 9.20 Å². The summed E-state index contributed by atoms with van der Waals surface area (Å²) in [5.74, 6) is -0.293. The first-order chi connectivity index (χ1) is 15.6.